The van der Waals surface area contributed by atoms with Crippen LogP contribution in [0.15, 0.2) is 78.9 Å². The number of aryl methyl sites for hydroxylation is 1. The summed E-state index contributed by atoms with van der Waals surface area (Å²) >= 11 is 0. The van der Waals surface area contributed by atoms with Crippen LogP contribution < -0.4 is 26.7 Å². The molecule has 0 aliphatic carbocycles. The SMILES string of the molecule is Cc1ccccc1NC(=O)[C@@H](NC(=O)Nc1ccc(C(=O)NCCCCCC(=O)NO)cc1)c1ccccc1. The second-order valence-electron chi connectivity index (χ2n) is 8.93. The monoisotopic (exact) mass is 531 g/mol. The molecule has 0 fully saturated rings. The van der Waals surface area contributed by atoms with Gasteiger partial charge in [0.05, 0.1) is 0 Å². The van der Waals surface area contributed by atoms with Gasteiger partial charge in [-0.3, -0.25) is 19.6 Å². The van der Waals surface area contributed by atoms with Crippen molar-refractivity contribution in [1.82, 2.24) is 16.1 Å². The minimum atomic E-state index is -0.936. The van der Waals surface area contributed by atoms with Gasteiger partial charge in [-0.2, -0.15) is 0 Å². The lowest BCUT2D eigenvalue weighted by atomic mass is 10.1. The summed E-state index contributed by atoms with van der Waals surface area (Å²) in [4.78, 5) is 49.3. The van der Waals surface area contributed by atoms with Crippen LogP contribution in [0.25, 0.3) is 0 Å². The molecule has 3 aromatic rings. The highest BCUT2D eigenvalue weighted by Gasteiger charge is 2.23. The second-order valence-corrected chi connectivity index (χ2v) is 8.93. The van der Waals surface area contributed by atoms with E-state index in [9.17, 15) is 19.2 Å². The molecule has 0 bridgehead atoms. The van der Waals surface area contributed by atoms with E-state index in [1.165, 1.54) is 0 Å². The summed E-state index contributed by atoms with van der Waals surface area (Å²) in [5.74, 6) is -1.06. The molecule has 1 atom stereocenters. The number of hydrogen-bond donors (Lipinski definition) is 6. The molecule has 6 N–H and O–H groups in total. The van der Waals surface area contributed by atoms with E-state index in [4.69, 9.17) is 5.21 Å². The van der Waals surface area contributed by atoms with Crippen molar-refractivity contribution in [3.63, 3.8) is 0 Å². The number of carbonyl (C=O) groups is 4. The van der Waals surface area contributed by atoms with Gasteiger partial charge in [0.2, 0.25) is 5.91 Å². The third kappa shape index (κ3) is 9.28. The molecule has 0 spiro atoms. The first-order valence-electron chi connectivity index (χ1n) is 12.7. The number of unbranched alkanes of at least 4 members (excludes halogenated alkanes) is 2. The number of rotatable bonds is 12. The Labute approximate surface area is 227 Å². The summed E-state index contributed by atoms with van der Waals surface area (Å²) < 4.78 is 0. The molecular weight excluding hydrogens is 498 g/mol. The van der Waals surface area contributed by atoms with Crippen molar-refractivity contribution >= 4 is 35.1 Å². The van der Waals surface area contributed by atoms with Crippen LogP contribution in [-0.4, -0.2) is 35.5 Å². The van der Waals surface area contributed by atoms with Gasteiger partial charge in [-0.25, -0.2) is 10.3 Å². The lowest BCUT2D eigenvalue weighted by molar-refractivity contribution is -0.129. The van der Waals surface area contributed by atoms with Crippen LogP contribution in [0.4, 0.5) is 16.2 Å². The number of urea groups is 1. The Morgan fingerprint density at radius 3 is 2.18 bits per heavy atom. The van der Waals surface area contributed by atoms with Gasteiger partial charge in [0.25, 0.3) is 11.8 Å². The van der Waals surface area contributed by atoms with Crippen LogP contribution in [0, 0.1) is 6.92 Å². The Morgan fingerprint density at radius 2 is 1.49 bits per heavy atom. The number of nitrogens with one attached hydrogen (secondary N) is 5. The molecule has 0 aliphatic heterocycles. The van der Waals surface area contributed by atoms with Crippen molar-refractivity contribution in [2.75, 3.05) is 17.2 Å². The Morgan fingerprint density at radius 1 is 0.795 bits per heavy atom. The van der Waals surface area contributed by atoms with Crippen molar-refractivity contribution < 1.29 is 24.4 Å². The zero-order valence-electron chi connectivity index (χ0n) is 21.7. The van der Waals surface area contributed by atoms with Crippen LogP contribution in [0.5, 0.6) is 0 Å². The number of hydrogen-bond acceptors (Lipinski definition) is 5. The summed E-state index contributed by atoms with van der Waals surface area (Å²) in [6, 6.07) is 21.2. The average Bonchev–Trinajstić information content (AvgIpc) is 2.95. The first-order chi connectivity index (χ1) is 18.9. The summed E-state index contributed by atoms with van der Waals surface area (Å²) in [7, 11) is 0. The third-order valence-electron chi connectivity index (χ3n) is 5.97. The number of benzene rings is 3. The molecule has 3 aromatic carbocycles. The minimum Gasteiger partial charge on any atom is -0.352 e. The van der Waals surface area contributed by atoms with E-state index in [2.05, 4.69) is 21.3 Å². The van der Waals surface area contributed by atoms with Gasteiger partial charge < -0.3 is 21.3 Å². The summed E-state index contributed by atoms with van der Waals surface area (Å²) in [5.41, 5.74) is 4.66. The Bertz CT molecular complexity index is 1260. The lowest BCUT2D eigenvalue weighted by Gasteiger charge is -2.20. The minimum absolute atomic E-state index is 0.232. The van der Waals surface area contributed by atoms with Crippen molar-refractivity contribution in [2.24, 2.45) is 0 Å². The van der Waals surface area contributed by atoms with Gasteiger partial charge >= 0.3 is 6.03 Å². The fraction of sp³-hybridized carbons (Fsp3) is 0.241. The van der Waals surface area contributed by atoms with Gasteiger partial charge in [0.1, 0.15) is 6.04 Å². The molecule has 10 heteroatoms. The molecular formula is C29H33N5O5. The molecule has 0 aromatic heterocycles. The molecule has 10 nitrogen and oxygen atoms in total. The standard InChI is InChI=1S/C29H33N5O5/c1-20-10-7-8-13-24(20)32-28(37)26(21-11-4-2-5-12-21)33-29(38)31-23-17-15-22(16-18-23)27(36)30-19-9-3-6-14-25(35)34-39/h2,4-5,7-8,10-13,15-18,26,39H,3,6,9,14,19H2,1H3,(H,30,36)(H,32,37)(H,34,35)(H2,31,33,38)/t26-/m0/s1. The first-order valence-corrected chi connectivity index (χ1v) is 12.7. The molecule has 0 heterocycles. The van der Waals surface area contributed by atoms with Crippen molar-refractivity contribution in [1.29, 1.82) is 0 Å². The van der Waals surface area contributed by atoms with Crippen LogP contribution in [-0.2, 0) is 9.59 Å². The van der Waals surface area contributed by atoms with E-state index in [0.717, 1.165) is 12.0 Å². The van der Waals surface area contributed by atoms with Crippen LogP contribution in [0.3, 0.4) is 0 Å². The summed E-state index contributed by atoms with van der Waals surface area (Å²) in [5, 5.41) is 19.6. The van der Waals surface area contributed by atoms with E-state index in [0.29, 0.717) is 41.9 Å². The average molecular weight is 532 g/mol. The van der Waals surface area contributed by atoms with E-state index >= 15 is 0 Å². The maximum atomic E-state index is 13.1. The Kier molecular flexibility index (Phi) is 11.0. The van der Waals surface area contributed by atoms with E-state index < -0.39 is 18.0 Å². The van der Waals surface area contributed by atoms with Gasteiger partial charge in [-0.1, -0.05) is 55.0 Å². The molecule has 3 rings (SSSR count). The topological polar surface area (TPSA) is 149 Å². The number of hydroxylamine groups is 1. The van der Waals surface area contributed by atoms with E-state index in [1.807, 2.05) is 31.2 Å². The number of anilines is 2. The smallest absolute Gasteiger partial charge is 0.320 e. The van der Waals surface area contributed by atoms with Gasteiger partial charge in [-0.05, 0) is 61.2 Å². The molecule has 0 saturated carbocycles. The molecule has 0 aliphatic rings. The first kappa shape index (κ1) is 28.9. The molecule has 0 radical (unpaired) electrons. The van der Waals surface area contributed by atoms with Crippen LogP contribution in [0.2, 0.25) is 0 Å². The highest BCUT2D eigenvalue weighted by atomic mass is 16.5. The zero-order chi connectivity index (χ0) is 28.0. The molecule has 39 heavy (non-hydrogen) atoms. The highest BCUT2D eigenvalue weighted by Crippen LogP contribution is 2.19. The zero-order valence-corrected chi connectivity index (χ0v) is 21.7. The van der Waals surface area contributed by atoms with Crippen LogP contribution in [0.1, 0.15) is 53.2 Å². The maximum Gasteiger partial charge on any atom is 0.320 e. The van der Waals surface area contributed by atoms with Crippen molar-refractivity contribution in [3.8, 4) is 0 Å². The Balaban J connectivity index is 1.54. The van der Waals surface area contributed by atoms with Gasteiger partial charge in [0, 0.05) is 29.9 Å². The predicted octanol–water partition coefficient (Wildman–Crippen LogP) is 4.29. The maximum absolute atomic E-state index is 13.1. The molecule has 5 amide bonds. The van der Waals surface area contributed by atoms with E-state index in [1.54, 1.807) is 60.1 Å². The summed E-state index contributed by atoms with van der Waals surface area (Å²) in [6.07, 6.45) is 2.28. The number of para-hydroxylation sites is 1. The third-order valence-corrected chi connectivity index (χ3v) is 5.97. The molecule has 204 valence electrons. The lowest BCUT2D eigenvalue weighted by Crippen LogP contribution is -2.39. The highest BCUT2D eigenvalue weighted by molar-refractivity contribution is 6.00. The fourth-order valence-corrected chi connectivity index (χ4v) is 3.81. The van der Waals surface area contributed by atoms with Crippen LogP contribution >= 0.6 is 0 Å². The Hall–Kier alpha value is -4.70. The van der Waals surface area contributed by atoms with Gasteiger partial charge in [0.15, 0.2) is 0 Å². The molecule has 0 unspecified atom stereocenters. The second kappa shape index (κ2) is 14.9. The summed E-state index contributed by atoms with van der Waals surface area (Å²) in [6.45, 7) is 2.34. The number of carbonyl (C=O) groups excluding carboxylic acids is 4. The normalized spacial score (nSPS) is 11.1. The van der Waals surface area contributed by atoms with Crippen molar-refractivity contribution in [3.05, 3.63) is 95.6 Å². The quantitative estimate of drug-likeness (QED) is 0.117. The molecule has 0 saturated heterocycles. The van der Waals surface area contributed by atoms with Gasteiger partial charge in [-0.15, -0.1) is 0 Å². The predicted molar refractivity (Wildman–Crippen MR) is 148 cm³/mol. The van der Waals surface area contributed by atoms with E-state index in [-0.39, 0.29) is 18.2 Å². The largest absolute Gasteiger partial charge is 0.352 e. The number of amides is 5. The fourth-order valence-electron chi connectivity index (χ4n) is 3.81. The van der Waals surface area contributed by atoms with Crippen molar-refractivity contribution in [2.45, 2.75) is 38.6 Å².